The fourth-order valence-electron chi connectivity index (χ4n) is 1.49. The number of rotatable bonds is 8. The highest BCUT2D eigenvalue weighted by molar-refractivity contribution is 5.41. The summed E-state index contributed by atoms with van der Waals surface area (Å²) in [7, 11) is 0. The Morgan fingerprint density at radius 3 is 2.94 bits per heavy atom. The van der Waals surface area contributed by atoms with Gasteiger partial charge in [0.05, 0.1) is 6.20 Å². The minimum Gasteiger partial charge on any atom is -0.396 e. The van der Waals surface area contributed by atoms with Crippen LogP contribution in [0.3, 0.4) is 0 Å². The first-order chi connectivity index (χ1) is 8.67. The van der Waals surface area contributed by atoms with E-state index in [2.05, 4.69) is 20.6 Å². The Bertz CT molecular complexity index is 362. The molecule has 0 aliphatic rings. The Labute approximate surface area is 107 Å². The van der Waals surface area contributed by atoms with Crippen LogP contribution in [0.2, 0.25) is 0 Å². The molecule has 1 atom stereocenters. The first-order valence-corrected chi connectivity index (χ1v) is 6.31. The van der Waals surface area contributed by atoms with E-state index in [1.807, 2.05) is 13.8 Å². The Kier molecular flexibility index (Phi) is 6.35. The number of aromatic nitrogens is 2. The first-order valence-electron chi connectivity index (χ1n) is 6.31. The molecule has 0 aromatic carbocycles. The third-order valence-corrected chi connectivity index (χ3v) is 2.46. The summed E-state index contributed by atoms with van der Waals surface area (Å²) in [4.78, 5) is 7.96. The SMILES string of the molecule is CCCNc1ncc(F)c(NC(C)CCCO)n1. The fraction of sp³-hybridized carbons (Fsp3) is 0.667. The lowest BCUT2D eigenvalue weighted by atomic mass is 10.2. The summed E-state index contributed by atoms with van der Waals surface area (Å²) in [6, 6.07) is 0.0561. The van der Waals surface area contributed by atoms with E-state index in [1.165, 1.54) is 0 Å². The average molecular weight is 256 g/mol. The maximum Gasteiger partial charge on any atom is 0.224 e. The summed E-state index contributed by atoms with van der Waals surface area (Å²) >= 11 is 0. The van der Waals surface area contributed by atoms with E-state index in [9.17, 15) is 4.39 Å². The Morgan fingerprint density at radius 1 is 1.50 bits per heavy atom. The minimum atomic E-state index is -0.465. The van der Waals surface area contributed by atoms with Crippen LogP contribution in [0, 0.1) is 5.82 Å². The molecular weight excluding hydrogens is 235 g/mol. The van der Waals surface area contributed by atoms with Gasteiger partial charge in [-0.3, -0.25) is 0 Å². The van der Waals surface area contributed by atoms with Gasteiger partial charge >= 0.3 is 0 Å². The molecule has 0 saturated carbocycles. The van der Waals surface area contributed by atoms with E-state index in [0.29, 0.717) is 12.4 Å². The van der Waals surface area contributed by atoms with E-state index in [-0.39, 0.29) is 18.5 Å². The molecule has 0 amide bonds. The van der Waals surface area contributed by atoms with Crippen molar-refractivity contribution in [1.82, 2.24) is 9.97 Å². The number of nitrogens with zero attached hydrogens (tertiary/aromatic N) is 2. The molecule has 1 aromatic heterocycles. The average Bonchev–Trinajstić information content (AvgIpc) is 2.37. The van der Waals surface area contributed by atoms with Crippen molar-refractivity contribution >= 4 is 11.8 Å². The topological polar surface area (TPSA) is 70.1 Å². The van der Waals surface area contributed by atoms with Gasteiger partial charge < -0.3 is 15.7 Å². The molecule has 0 aliphatic heterocycles. The van der Waals surface area contributed by atoms with Crippen molar-refractivity contribution in [2.75, 3.05) is 23.8 Å². The van der Waals surface area contributed by atoms with Gasteiger partial charge in [0.15, 0.2) is 11.6 Å². The Hall–Kier alpha value is -1.43. The van der Waals surface area contributed by atoms with Crippen LogP contribution in [0.5, 0.6) is 0 Å². The van der Waals surface area contributed by atoms with Crippen molar-refractivity contribution < 1.29 is 9.50 Å². The summed E-state index contributed by atoms with van der Waals surface area (Å²) in [6.45, 7) is 4.86. The van der Waals surface area contributed by atoms with Crippen molar-refractivity contribution in [2.24, 2.45) is 0 Å². The monoisotopic (exact) mass is 256 g/mol. The number of anilines is 2. The van der Waals surface area contributed by atoms with Crippen LogP contribution in [-0.4, -0.2) is 34.3 Å². The Morgan fingerprint density at radius 2 is 2.28 bits per heavy atom. The number of hydrogen-bond donors (Lipinski definition) is 3. The standard InChI is InChI=1S/C12H21FN4O/c1-3-6-14-12-15-8-10(13)11(17-12)16-9(2)5-4-7-18/h8-9,18H,3-7H2,1-2H3,(H2,14,15,16,17). The van der Waals surface area contributed by atoms with Crippen molar-refractivity contribution in [3.8, 4) is 0 Å². The fourth-order valence-corrected chi connectivity index (χ4v) is 1.49. The molecule has 0 aliphatic carbocycles. The van der Waals surface area contributed by atoms with Gasteiger partial charge in [-0.05, 0) is 26.2 Å². The maximum absolute atomic E-state index is 13.5. The van der Waals surface area contributed by atoms with Crippen molar-refractivity contribution in [1.29, 1.82) is 0 Å². The number of aliphatic hydroxyl groups excluding tert-OH is 1. The molecule has 1 rings (SSSR count). The van der Waals surface area contributed by atoms with Crippen LogP contribution in [0.25, 0.3) is 0 Å². The molecule has 0 saturated heterocycles. The molecule has 18 heavy (non-hydrogen) atoms. The van der Waals surface area contributed by atoms with E-state index in [0.717, 1.165) is 25.6 Å². The molecule has 102 valence electrons. The predicted molar refractivity (Wildman–Crippen MR) is 70.2 cm³/mol. The maximum atomic E-state index is 13.5. The lowest BCUT2D eigenvalue weighted by molar-refractivity contribution is 0.282. The van der Waals surface area contributed by atoms with Gasteiger partial charge in [-0.1, -0.05) is 6.92 Å². The summed E-state index contributed by atoms with van der Waals surface area (Å²) in [6.07, 6.45) is 3.56. The molecular formula is C12H21FN4O. The first kappa shape index (κ1) is 14.6. The van der Waals surface area contributed by atoms with Crippen molar-refractivity contribution in [2.45, 2.75) is 39.2 Å². The predicted octanol–water partition coefficient (Wildman–Crippen LogP) is 2.01. The van der Waals surface area contributed by atoms with E-state index in [1.54, 1.807) is 0 Å². The normalized spacial score (nSPS) is 12.2. The lowest BCUT2D eigenvalue weighted by Crippen LogP contribution is -2.18. The van der Waals surface area contributed by atoms with Gasteiger partial charge in [-0.2, -0.15) is 4.98 Å². The van der Waals surface area contributed by atoms with Crippen molar-refractivity contribution in [3.05, 3.63) is 12.0 Å². The zero-order chi connectivity index (χ0) is 13.4. The third kappa shape index (κ3) is 4.83. The zero-order valence-corrected chi connectivity index (χ0v) is 10.9. The van der Waals surface area contributed by atoms with Gasteiger partial charge in [-0.25, -0.2) is 9.37 Å². The number of aliphatic hydroxyl groups is 1. The highest BCUT2D eigenvalue weighted by atomic mass is 19.1. The molecule has 0 radical (unpaired) electrons. The van der Waals surface area contributed by atoms with Crippen LogP contribution < -0.4 is 10.6 Å². The van der Waals surface area contributed by atoms with Crippen LogP contribution in [0.4, 0.5) is 16.2 Å². The molecule has 0 fully saturated rings. The lowest BCUT2D eigenvalue weighted by Gasteiger charge is -2.15. The van der Waals surface area contributed by atoms with Crippen LogP contribution in [0.1, 0.15) is 33.1 Å². The third-order valence-electron chi connectivity index (χ3n) is 2.46. The second-order valence-corrected chi connectivity index (χ2v) is 4.23. The number of halogens is 1. The molecule has 3 N–H and O–H groups in total. The molecule has 1 aromatic rings. The number of nitrogens with one attached hydrogen (secondary N) is 2. The summed E-state index contributed by atoms with van der Waals surface area (Å²) < 4.78 is 13.5. The minimum absolute atomic E-state index is 0.0561. The molecule has 0 spiro atoms. The van der Waals surface area contributed by atoms with Gasteiger partial charge in [0.2, 0.25) is 5.95 Å². The molecule has 1 heterocycles. The van der Waals surface area contributed by atoms with Gasteiger partial charge in [-0.15, -0.1) is 0 Å². The van der Waals surface area contributed by atoms with E-state index in [4.69, 9.17) is 5.11 Å². The van der Waals surface area contributed by atoms with E-state index < -0.39 is 5.82 Å². The van der Waals surface area contributed by atoms with Crippen LogP contribution in [-0.2, 0) is 0 Å². The summed E-state index contributed by atoms with van der Waals surface area (Å²) in [5.74, 6) is 0.164. The van der Waals surface area contributed by atoms with Crippen LogP contribution >= 0.6 is 0 Å². The highest BCUT2D eigenvalue weighted by Crippen LogP contribution is 2.14. The molecule has 1 unspecified atom stereocenters. The van der Waals surface area contributed by atoms with Crippen LogP contribution in [0.15, 0.2) is 6.20 Å². The smallest absolute Gasteiger partial charge is 0.224 e. The zero-order valence-electron chi connectivity index (χ0n) is 10.9. The number of hydrogen-bond acceptors (Lipinski definition) is 5. The Balaban J connectivity index is 2.62. The summed E-state index contributed by atoms with van der Waals surface area (Å²) in [5, 5.41) is 14.7. The largest absolute Gasteiger partial charge is 0.396 e. The molecule has 0 bridgehead atoms. The molecule has 6 heteroatoms. The van der Waals surface area contributed by atoms with Crippen molar-refractivity contribution in [3.63, 3.8) is 0 Å². The second-order valence-electron chi connectivity index (χ2n) is 4.23. The van der Waals surface area contributed by atoms with Gasteiger partial charge in [0, 0.05) is 19.2 Å². The van der Waals surface area contributed by atoms with E-state index >= 15 is 0 Å². The summed E-state index contributed by atoms with van der Waals surface area (Å²) in [5.41, 5.74) is 0. The quantitative estimate of drug-likeness (QED) is 0.663. The van der Waals surface area contributed by atoms with Gasteiger partial charge in [0.25, 0.3) is 0 Å². The second kappa shape index (κ2) is 7.81. The molecule has 5 nitrogen and oxygen atoms in total. The highest BCUT2D eigenvalue weighted by Gasteiger charge is 2.09. The van der Waals surface area contributed by atoms with Gasteiger partial charge in [0.1, 0.15) is 0 Å².